The molecule has 4 nitrogen and oxygen atoms in total. The fraction of sp³-hybridized carbons (Fsp3) is 0.222. The summed E-state index contributed by atoms with van der Waals surface area (Å²) in [7, 11) is 0. The lowest BCUT2D eigenvalue weighted by Crippen LogP contribution is -2.44. The molecule has 118 valence electrons. The summed E-state index contributed by atoms with van der Waals surface area (Å²) in [5.41, 5.74) is 7.35. The second-order valence-corrected chi connectivity index (χ2v) is 5.59. The quantitative estimate of drug-likeness (QED) is 0.838. The van der Waals surface area contributed by atoms with Crippen molar-refractivity contribution in [3.63, 3.8) is 0 Å². The van der Waals surface area contributed by atoms with Crippen molar-refractivity contribution in [2.75, 3.05) is 0 Å². The van der Waals surface area contributed by atoms with Gasteiger partial charge in [0.2, 0.25) is 5.91 Å². The Kier molecular flexibility index (Phi) is 4.37. The molecule has 1 aliphatic rings. The van der Waals surface area contributed by atoms with Crippen molar-refractivity contribution in [3.8, 4) is 0 Å². The fourth-order valence-electron chi connectivity index (χ4n) is 2.91. The van der Waals surface area contributed by atoms with Gasteiger partial charge in [-0.3, -0.25) is 20.4 Å². The molecule has 2 aromatic carbocycles. The Labute approximate surface area is 133 Å². The number of carbonyl (C=O) groups excluding carboxylic acids is 2. The lowest BCUT2D eigenvalue weighted by atomic mass is 9.82. The van der Waals surface area contributed by atoms with Crippen LogP contribution in [-0.4, -0.2) is 11.8 Å². The molecule has 0 fully saturated rings. The summed E-state index contributed by atoms with van der Waals surface area (Å²) in [4.78, 5) is 24.3. The van der Waals surface area contributed by atoms with Gasteiger partial charge in [-0.15, -0.1) is 0 Å². The molecule has 3 rings (SSSR count). The van der Waals surface area contributed by atoms with Gasteiger partial charge in [0.15, 0.2) is 0 Å². The van der Waals surface area contributed by atoms with Crippen LogP contribution in [0.5, 0.6) is 0 Å². The van der Waals surface area contributed by atoms with Gasteiger partial charge in [-0.2, -0.15) is 0 Å². The van der Waals surface area contributed by atoms with E-state index in [0.717, 1.165) is 24.8 Å². The molecule has 23 heavy (non-hydrogen) atoms. The maximum absolute atomic E-state index is 12.8. The Morgan fingerprint density at radius 3 is 2.52 bits per heavy atom. The summed E-state index contributed by atoms with van der Waals surface area (Å²) in [6.07, 6.45) is 2.68. The third kappa shape index (κ3) is 3.39. The topological polar surface area (TPSA) is 58.2 Å². The van der Waals surface area contributed by atoms with E-state index in [9.17, 15) is 14.0 Å². The summed E-state index contributed by atoms with van der Waals surface area (Å²) >= 11 is 0. The second kappa shape index (κ2) is 6.60. The Morgan fingerprint density at radius 2 is 1.74 bits per heavy atom. The maximum Gasteiger partial charge on any atom is 0.269 e. The first kappa shape index (κ1) is 15.2. The highest BCUT2D eigenvalue weighted by atomic mass is 19.1. The summed E-state index contributed by atoms with van der Waals surface area (Å²) in [5, 5.41) is 0. The first-order valence-corrected chi connectivity index (χ1v) is 7.59. The summed E-state index contributed by atoms with van der Waals surface area (Å²) < 4.78 is 12.8. The number of benzene rings is 2. The van der Waals surface area contributed by atoms with Crippen LogP contribution in [0, 0.1) is 5.82 Å². The highest BCUT2D eigenvalue weighted by molar-refractivity contribution is 5.96. The molecule has 0 saturated carbocycles. The third-order valence-electron chi connectivity index (χ3n) is 4.09. The van der Waals surface area contributed by atoms with Crippen molar-refractivity contribution >= 4 is 11.8 Å². The Morgan fingerprint density at radius 1 is 1.00 bits per heavy atom. The first-order valence-electron chi connectivity index (χ1n) is 7.59. The van der Waals surface area contributed by atoms with Crippen molar-refractivity contribution in [3.05, 3.63) is 71.0 Å². The molecule has 0 aromatic heterocycles. The smallest absolute Gasteiger partial charge is 0.269 e. The zero-order valence-corrected chi connectivity index (χ0v) is 12.5. The molecule has 0 spiro atoms. The number of carbonyl (C=O) groups is 2. The van der Waals surface area contributed by atoms with Crippen LogP contribution < -0.4 is 10.9 Å². The SMILES string of the molecule is O=C(NNC(=O)[C@H]1CCCc2ccccc21)c1ccc(F)cc1. The largest absolute Gasteiger partial charge is 0.273 e. The van der Waals surface area contributed by atoms with E-state index < -0.39 is 11.7 Å². The molecule has 2 amide bonds. The van der Waals surface area contributed by atoms with Crippen LogP contribution in [0.15, 0.2) is 48.5 Å². The molecule has 0 saturated heterocycles. The van der Waals surface area contributed by atoms with Crippen LogP contribution in [0.1, 0.15) is 40.2 Å². The van der Waals surface area contributed by atoms with Gasteiger partial charge < -0.3 is 0 Å². The zero-order chi connectivity index (χ0) is 16.2. The molecule has 0 heterocycles. The van der Waals surface area contributed by atoms with E-state index in [1.54, 1.807) is 0 Å². The van der Waals surface area contributed by atoms with E-state index in [4.69, 9.17) is 0 Å². The number of rotatable bonds is 2. The van der Waals surface area contributed by atoms with Crippen molar-refractivity contribution < 1.29 is 14.0 Å². The lowest BCUT2D eigenvalue weighted by Gasteiger charge is -2.24. The monoisotopic (exact) mass is 312 g/mol. The van der Waals surface area contributed by atoms with Crippen molar-refractivity contribution in [2.45, 2.75) is 25.2 Å². The maximum atomic E-state index is 12.8. The molecule has 0 aliphatic heterocycles. The van der Waals surface area contributed by atoms with Gasteiger partial charge in [-0.25, -0.2) is 4.39 Å². The summed E-state index contributed by atoms with van der Waals surface area (Å²) in [5.74, 6) is -1.37. The predicted molar refractivity (Wildman–Crippen MR) is 84.1 cm³/mol. The molecular weight excluding hydrogens is 295 g/mol. The molecular formula is C18H17FN2O2. The van der Waals surface area contributed by atoms with Gasteiger partial charge in [0, 0.05) is 5.56 Å². The summed E-state index contributed by atoms with van der Waals surface area (Å²) in [6.45, 7) is 0. The van der Waals surface area contributed by atoms with E-state index in [0.29, 0.717) is 0 Å². The highest BCUT2D eigenvalue weighted by Crippen LogP contribution is 2.31. The second-order valence-electron chi connectivity index (χ2n) is 5.59. The number of fused-ring (bicyclic) bond motifs is 1. The minimum atomic E-state index is -0.470. The molecule has 0 radical (unpaired) electrons. The van der Waals surface area contributed by atoms with Crippen LogP contribution in [0.2, 0.25) is 0 Å². The minimum Gasteiger partial charge on any atom is -0.273 e. The van der Waals surface area contributed by atoms with Gasteiger partial charge in [0.25, 0.3) is 5.91 Å². The van der Waals surface area contributed by atoms with E-state index in [-0.39, 0.29) is 17.4 Å². The van der Waals surface area contributed by atoms with E-state index in [1.165, 1.54) is 29.8 Å². The van der Waals surface area contributed by atoms with Crippen LogP contribution in [0.3, 0.4) is 0 Å². The number of halogens is 1. The molecule has 5 heteroatoms. The lowest BCUT2D eigenvalue weighted by molar-refractivity contribution is -0.123. The first-order chi connectivity index (χ1) is 11.1. The van der Waals surface area contributed by atoms with Crippen LogP contribution in [0.4, 0.5) is 4.39 Å². The highest BCUT2D eigenvalue weighted by Gasteiger charge is 2.26. The van der Waals surface area contributed by atoms with Crippen LogP contribution >= 0.6 is 0 Å². The minimum absolute atomic E-state index is 0.229. The normalized spacial score (nSPS) is 16.3. The number of amides is 2. The molecule has 2 aromatic rings. The van der Waals surface area contributed by atoms with Gasteiger partial charge >= 0.3 is 0 Å². The molecule has 0 unspecified atom stereocenters. The Hall–Kier alpha value is -2.69. The van der Waals surface area contributed by atoms with Gasteiger partial charge in [0.1, 0.15) is 5.82 Å². The van der Waals surface area contributed by atoms with Crippen LogP contribution in [-0.2, 0) is 11.2 Å². The standard InChI is InChI=1S/C18H17FN2O2/c19-14-10-8-13(9-11-14)17(22)20-21-18(23)16-7-3-5-12-4-1-2-6-15(12)16/h1-2,4,6,8-11,16H,3,5,7H2,(H,20,22)(H,21,23)/t16-/m0/s1. The molecule has 2 N–H and O–H groups in total. The summed E-state index contributed by atoms with van der Waals surface area (Å²) in [6, 6.07) is 13.0. The van der Waals surface area contributed by atoms with E-state index >= 15 is 0 Å². The predicted octanol–water partition coefficient (Wildman–Crippen LogP) is 2.71. The number of hydrogen-bond acceptors (Lipinski definition) is 2. The number of aryl methyl sites for hydroxylation is 1. The van der Waals surface area contributed by atoms with Crippen molar-refractivity contribution in [1.29, 1.82) is 0 Å². The van der Waals surface area contributed by atoms with Gasteiger partial charge in [-0.05, 0) is 54.7 Å². The van der Waals surface area contributed by atoms with Gasteiger partial charge in [-0.1, -0.05) is 24.3 Å². The average molecular weight is 312 g/mol. The number of nitrogens with one attached hydrogen (secondary N) is 2. The van der Waals surface area contributed by atoms with Gasteiger partial charge in [0.05, 0.1) is 5.92 Å². The number of hydrazine groups is 1. The van der Waals surface area contributed by atoms with Crippen LogP contribution in [0.25, 0.3) is 0 Å². The Balaban J connectivity index is 1.64. The number of hydrogen-bond donors (Lipinski definition) is 2. The molecule has 1 aliphatic carbocycles. The Bertz CT molecular complexity index is 728. The average Bonchev–Trinajstić information content (AvgIpc) is 2.59. The zero-order valence-electron chi connectivity index (χ0n) is 12.5. The fourth-order valence-corrected chi connectivity index (χ4v) is 2.91. The van der Waals surface area contributed by atoms with E-state index in [1.807, 2.05) is 24.3 Å². The van der Waals surface area contributed by atoms with Crippen molar-refractivity contribution in [2.24, 2.45) is 0 Å². The third-order valence-corrected chi connectivity index (χ3v) is 4.09. The van der Waals surface area contributed by atoms with Crippen molar-refractivity contribution in [1.82, 2.24) is 10.9 Å². The molecule has 1 atom stereocenters. The molecule has 0 bridgehead atoms. The van der Waals surface area contributed by atoms with E-state index in [2.05, 4.69) is 10.9 Å².